The molecule has 0 heterocycles. The van der Waals surface area contributed by atoms with Gasteiger partial charge in [0.25, 0.3) is 0 Å². The number of hydrogen-bond donors (Lipinski definition) is 1. The van der Waals surface area contributed by atoms with Crippen molar-refractivity contribution in [2.24, 2.45) is 11.7 Å². The van der Waals surface area contributed by atoms with E-state index in [2.05, 4.69) is 13.8 Å². The van der Waals surface area contributed by atoms with Crippen molar-refractivity contribution in [1.29, 1.82) is 0 Å². The van der Waals surface area contributed by atoms with Crippen LogP contribution < -0.4 is 10.5 Å². The second-order valence-electron chi connectivity index (χ2n) is 5.20. The van der Waals surface area contributed by atoms with Crippen LogP contribution in [-0.4, -0.2) is 26.4 Å². The molecule has 0 aliphatic rings. The molecule has 2 N–H and O–H groups in total. The lowest BCUT2D eigenvalue weighted by atomic mass is 9.97. The Bertz CT molecular complexity index is 427. The summed E-state index contributed by atoms with van der Waals surface area (Å²) in [4.78, 5) is 0. The zero-order valence-corrected chi connectivity index (χ0v) is 13.0. The van der Waals surface area contributed by atoms with Crippen LogP contribution in [0.3, 0.4) is 0 Å². The van der Waals surface area contributed by atoms with Crippen LogP contribution in [0.2, 0.25) is 5.02 Å². The first-order valence-corrected chi connectivity index (χ1v) is 7.18. The fraction of sp³-hybridized carbons (Fsp3) is 0.600. The van der Waals surface area contributed by atoms with Gasteiger partial charge < -0.3 is 15.2 Å². The van der Waals surface area contributed by atoms with E-state index in [4.69, 9.17) is 26.8 Å². The second kappa shape index (κ2) is 8.45. The second-order valence-corrected chi connectivity index (χ2v) is 5.60. The van der Waals surface area contributed by atoms with Gasteiger partial charge in [0.05, 0.1) is 11.6 Å². The van der Waals surface area contributed by atoms with Crippen molar-refractivity contribution in [1.82, 2.24) is 0 Å². The average molecular weight is 304 g/mol. The maximum Gasteiger partial charge on any atom is 0.183 e. The number of rotatable bonds is 8. The molecule has 3 nitrogen and oxygen atoms in total. The third-order valence-electron chi connectivity index (χ3n) is 3.13. The lowest BCUT2D eigenvalue weighted by molar-refractivity contribution is 0.170. The van der Waals surface area contributed by atoms with Crippen LogP contribution >= 0.6 is 11.6 Å². The Labute approximate surface area is 125 Å². The van der Waals surface area contributed by atoms with Gasteiger partial charge in [0.1, 0.15) is 0 Å². The standard InChI is InChI=1S/C15H23ClFNO2/c1-10(2)13(18)8-11-7-12(16)15(17)14(9-11)20-6-4-5-19-3/h7,9-10,13H,4-6,8,18H2,1-3H3/t13-/m1/s1. The lowest BCUT2D eigenvalue weighted by Crippen LogP contribution is -2.28. The first kappa shape index (κ1) is 17.2. The van der Waals surface area contributed by atoms with E-state index in [1.165, 1.54) is 0 Å². The molecule has 0 aliphatic heterocycles. The summed E-state index contributed by atoms with van der Waals surface area (Å²) >= 11 is 5.90. The molecule has 0 fully saturated rings. The zero-order chi connectivity index (χ0) is 15.1. The molecule has 1 aromatic rings. The Morgan fingerprint density at radius 3 is 2.60 bits per heavy atom. The Kier molecular flexibility index (Phi) is 7.27. The van der Waals surface area contributed by atoms with Crippen LogP contribution in [0.4, 0.5) is 4.39 Å². The normalized spacial score (nSPS) is 12.8. The van der Waals surface area contributed by atoms with Crippen molar-refractivity contribution in [2.45, 2.75) is 32.7 Å². The first-order valence-electron chi connectivity index (χ1n) is 6.81. The van der Waals surface area contributed by atoms with Gasteiger partial charge in [-0.15, -0.1) is 0 Å². The van der Waals surface area contributed by atoms with Crippen LogP contribution in [0.1, 0.15) is 25.8 Å². The van der Waals surface area contributed by atoms with Gasteiger partial charge in [0.15, 0.2) is 11.6 Å². The van der Waals surface area contributed by atoms with Crippen LogP contribution in [0, 0.1) is 11.7 Å². The van der Waals surface area contributed by atoms with E-state index in [0.29, 0.717) is 32.0 Å². The first-order chi connectivity index (χ1) is 9.45. The minimum absolute atomic E-state index is 0.0119. The van der Waals surface area contributed by atoms with Gasteiger partial charge in [-0.3, -0.25) is 0 Å². The molecule has 5 heteroatoms. The molecule has 0 bridgehead atoms. The highest BCUT2D eigenvalue weighted by Crippen LogP contribution is 2.28. The van der Waals surface area contributed by atoms with Crippen LogP contribution in [0.15, 0.2) is 12.1 Å². The van der Waals surface area contributed by atoms with E-state index in [9.17, 15) is 4.39 Å². The van der Waals surface area contributed by atoms with Crippen molar-refractivity contribution in [3.05, 3.63) is 28.5 Å². The van der Waals surface area contributed by atoms with E-state index < -0.39 is 5.82 Å². The van der Waals surface area contributed by atoms with Crippen molar-refractivity contribution in [3.8, 4) is 5.75 Å². The molecule has 1 rings (SSSR count). The zero-order valence-electron chi connectivity index (χ0n) is 12.3. The molecule has 20 heavy (non-hydrogen) atoms. The van der Waals surface area contributed by atoms with Crippen LogP contribution in [-0.2, 0) is 11.2 Å². The fourth-order valence-corrected chi connectivity index (χ4v) is 1.97. The Morgan fingerprint density at radius 1 is 1.30 bits per heavy atom. The fourth-order valence-electron chi connectivity index (χ4n) is 1.73. The maximum atomic E-state index is 13.9. The van der Waals surface area contributed by atoms with Gasteiger partial charge in [-0.2, -0.15) is 0 Å². The highest BCUT2D eigenvalue weighted by molar-refractivity contribution is 6.31. The van der Waals surface area contributed by atoms with Gasteiger partial charge >= 0.3 is 0 Å². The number of hydrogen-bond acceptors (Lipinski definition) is 3. The molecule has 0 amide bonds. The van der Waals surface area contributed by atoms with E-state index in [1.54, 1.807) is 19.2 Å². The SMILES string of the molecule is COCCCOc1cc(C[C@@H](N)C(C)C)cc(Cl)c1F. The van der Waals surface area contributed by atoms with E-state index in [1.807, 2.05) is 0 Å². The summed E-state index contributed by atoms with van der Waals surface area (Å²) in [5, 5.41) is 0.0696. The largest absolute Gasteiger partial charge is 0.490 e. The number of halogens is 2. The average Bonchev–Trinajstić information content (AvgIpc) is 2.39. The van der Waals surface area contributed by atoms with Gasteiger partial charge in [-0.05, 0) is 30.0 Å². The minimum atomic E-state index is -0.522. The summed E-state index contributed by atoms with van der Waals surface area (Å²) < 4.78 is 24.2. The molecule has 0 radical (unpaired) electrons. The van der Waals surface area contributed by atoms with Gasteiger partial charge in [-0.25, -0.2) is 4.39 Å². The highest BCUT2D eigenvalue weighted by atomic mass is 35.5. The maximum absolute atomic E-state index is 13.9. The minimum Gasteiger partial charge on any atom is -0.490 e. The molecule has 0 unspecified atom stereocenters. The molecule has 0 saturated carbocycles. The van der Waals surface area contributed by atoms with Crippen molar-refractivity contribution >= 4 is 11.6 Å². The van der Waals surface area contributed by atoms with Gasteiger partial charge in [0.2, 0.25) is 0 Å². The van der Waals surface area contributed by atoms with Crippen molar-refractivity contribution in [2.75, 3.05) is 20.3 Å². The molecule has 0 spiro atoms. The number of methoxy groups -OCH3 is 1. The van der Waals surface area contributed by atoms with E-state index >= 15 is 0 Å². The summed E-state index contributed by atoms with van der Waals surface area (Å²) in [7, 11) is 1.62. The Balaban J connectivity index is 2.75. The lowest BCUT2D eigenvalue weighted by Gasteiger charge is -2.17. The Hall–Kier alpha value is -0.840. The smallest absolute Gasteiger partial charge is 0.183 e. The molecule has 1 aromatic carbocycles. The quantitative estimate of drug-likeness (QED) is 0.748. The molecule has 114 valence electrons. The predicted molar refractivity (Wildman–Crippen MR) is 79.9 cm³/mol. The molecule has 1 atom stereocenters. The highest BCUT2D eigenvalue weighted by Gasteiger charge is 2.14. The summed E-state index contributed by atoms with van der Waals surface area (Å²) in [6.07, 6.45) is 1.34. The van der Waals surface area contributed by atoms with Crippen LogP contribution in [0.25, 0.3) is 0 Å². The van der Waals surface area contributed by atoms with Gasteiger partial charge in [0, 0.05) is 26.2 Å². The summed E-state index contributed by atoms with van der Waals surface area (Å²) in [6.45, 7) is 5.07. The Morgan fingerprint density at radius 2 is 2.00 bits per heavy atom. The predicted octanol–water partition coefficient (Wildman–Crippen LogP) is 3.42. The number of nitrogens with two attached hydrogens (primary N) is 1. The molecular weight excluding hydrogens is 281 g/mol. The number of ether oxygens (including phenoxy) is 2. The molecule has 0 saturated heterocycles. The number of benzene rings is 1. The third-order valence-corrected chi connectivity index (χ3v) is 3.41. The van der Waals surface area contributed by atoms with Crippen molar-refractivity contribution in [3.63, 3.8) is 0 Å². The summed E-state index contributed by atoms with van der Waals surface area (Å²) in [5.74, 6) is 0.00964. The topological polar surface area (TPSA) is 44.5 Å². The molecular formula is C15H23ClFNO2. The third kappa shape index (κ3) is 5.27. The molecule has 0 aromatic heterocycles. The van der Waals surface area contributed by atoms with E-state index in [-0.39, 0.29) is 16.8 Å². The molecule has 0 aliphatic carbocycles. The summed E-state index contributed by atoms with van der Waals surface area (Å²) in [6, 6.07) is 3.30. The van der Waals surface area contributed by atoms with E-state index in [0.717, 1.165) is 5.56 Å². The van der Waals surface area contributed by atoms with Gasteiger partial charge in [-0.1, -0.05) is 25.4 Å². The summed E-state index contributed by atoms with van der Waals surface area (Å²) in [5.41, 5.74) is 6.92. The van der Waals surface area contributed by atoms with Crippen molar-refractivity contribution < 1.29 is 13.9 Å². The van der Waals surface area contributed by atoms with Crippen LogP contribution in [0.5, 0.6) is 5.75 Å². The monoisotopic (exact) mass is 303 g/mol.